The zero-order valence-corrected chi connectivity index (χ0v) is 13.1. The van der Waals surface area contributed by atoms with Crippen LogP contribution in [0.1, 0.15) is 29.3 Å². The fourth-order valence-corrected chi connectivity index (χ4v) is 4.11. The van der Waals surface area contributed by atoms with Crippen molar-refractivity contribution in [2.45, 2.75) is 25.3 Å². The molecule has 1 fully saturated rings. The molecule has 0 spiro atoms. The topological polar surface area (TPSA) is 42.1 Å². The summed E-state index contributed by atoms with van der Waals surface area (Å²) < 4.78 is 0. The number of nitrogens with two attached hydrogens (primary N) is 1. The molecule has 3 nitrogen and oxygen atoms in total. The molecule has 0 radical (unpaired) electrons. The van der Waals surface area contributed by atoms with Crippen LogP contribution in [0.3, 0.4) is 0 Å². The van der Waals surface area contributed by atoms with Crippen LogP contribution in [0.15, 0.2) is 41.9 Å². The summed E-state index contributed by atoms with van der Waals surface area (Å²) in [6.07, 6.45) is 4.36. The molecule has 1 saturated heterocycles. The highest BCUT2D eigenvalue weighted by molar-refractivity contribution is 7.09. The second-order valence-electron chi connectivity index (χ2n) is 5.81. The van der Waals surface area contributed by atoms with Gasteiger partial charge in [0.15, 0.2) is 0 Å². The smallest absolute Gasteiger partial charge is 0.0971 e. The molecule has 1 aliphatic rings. The number of piperidine rings is 1. The van der Waals surface area contributed by atoms with Crippen molar-refractivity contribution in [3.8, 4) is 0 Å². The van der Waals surface area contributed by atoms with Crippen molar-refractivity contribution < 1.29 is 0 Å². The van der Waals surface area contributed by atoms with Gasteiger partial charge >= 0.3 is 0 Å². The van der Waals surface area contributed by atoms with Gasteiger partial charge in [0.05, 0.1) is 5.01 Å². The molecule has 3 rings (SSSR count). The average molecular weight is 301 g/mol. The van der Waals surface area contributed by atoms with Crippen LogP contribution in [0.25, 0.3) is 0 Å². The zero-order chi connectivity index (χ0) is 14.5. The Bertz CT molecular complexity index is 518. The highest BCUT2D eigenvalue weighted by atomic mass is 32.1. The molecule has 0 saturated carbocycles. The van der Waals surface area contributed by atoms with Crippen LogP contribution in [-0.4, -0.2) is 29.5 Å². The van der Waals surface area contributed by atoms with E-state index in [1.54, 1.807) is 11.3 Å². The Morgan fingerprint density at radius 3 is 2.62 bits per heavy atom. The maximum atomic E-state index is 6.01. The number of thiazole rings is 1. The van der Waals surface area contributed by atoms with Crippen molar-refractivity contribution in [2.24, 2.45) is 11.7 Å². The van der Waals surface area contributed by atoms with Gasteiger partial charge in [-0.15, -0.1) is 11.3 Å². The van der Waals surface area contributed by atoms with E-state index in [1.165, 1.54) is 36.5 Å². The maximum absolute atomic E-state index is 6.01. The number of hydrogen-bond acceptors (Lipinski definition) is 4. The molecule has 2 heterocycles. The quantitative estimate of drug-likeness (QED) is 0.923. The van der Waals surface area contributed by atoms with Gasteiger partial charge in [0.2, 0.25) is 0 Å². The average Bonchev–Trinajstić information content (AvgIpc) is 3.05. The standard InChI is InChI=1S/C17H23N3S/c18-12-16(17-19-8-11-21-17)15-6-9-20(10-7-15)13-14-4-2-1-3-5-14/h1-5,8,11,15-16H,6-7,9-10,12-13,18H2. The lowest BCUT2D eigenvalue weighted by Gasteiger charge is -2.35. The van der Waals surface area contributed by atoms with Gasteiger partial charge in [-0.3, -0.25) is 4.90 Å². The third kappa shape index (κ3) is 3.70. The van der Waals surface area contributed by atoms with E-state index in [4.69, 9.17) is 5.73 Å². The minimum atomic E-state index is 0.448. The number of aromatic nitrogens is 1. The first-order valence-electron chi connectivity index (χ1n) is 7.72. The van der Waals surface area contributed by atoms with Gasteiger partial charge in [0.25, 0.3) is 0 Å². The largest absolute Gasteiger partial charge is 0.330 e. The Morgan fingerprint density at radius 1 is 1.24 bits per heavy atom. The maximum Gasteiger partial charge on any atom is 0.0971 e. The fraction of sp³-hybridized carbons (Fsp3) is 0.471. The van der Waals surface area contributed by atoms with Crippen LogP contribution in [0.2, 0.25) is 0 Å². The summed E-state index contributed by atoms with van der Waals surface area (Å²) in [4.78, 5) is 7.03. The van der Waals surface area contributed by atoms with Gasteiger partial charge in [-0.1, -0.05) is 30.3 Å². The Hall–Kier alpha value is -1.23. The normalized spacial score (nSPS) is 18.7. The first-order valence-corrected chi connectivity index (χ1v) is 8.60. The first-order chi connectivity index (χ1) is 10.4. The molecule has 0 aliphatic carbocycles. The predicted molar refractivity (Wildman–Crippen MR) is 88.4 cm³/mol. The molecule has 1 aliphatic heterocycles. The molecule has 2 aromatic rings. The molecule has 112 valence electrons. The Morgan fingerprint density at radius 2 is 2.00 bits per heavy atom. The van der Waals surface area contributed by atoms with Crippen LogP contribution >= 0.6 is 11.3 Å². The van der Waals surface area contributed by atoms with Crippen LogP contribution in [0.5, 0.6) is 0 Å². The van der Waals surface area contributed by atoms with E-state index in [-0.39, 0.29) is 0 Å². The van der Waals surface area contributed by atoms with Crippen molar-refractivity contribution in [1.29, 1.82) is 0 Å². The lowest BCUT2D eigenvalue weighted by molar-refractivity contribution is 0.162. The van der Waals surface area contributed by atoms with E-state index in [0.29, 0.717) is 11.8 Å². The lowest BCUT2D eigenvalue weighted by atomic mass is 9.84. The summed E-state index contributed by atoms with van der Waals surface area (Å²) >= 11 is 1.75. The molecule has 2 N–H and O–H groups in total. The molecule has 0 bridgehead atoms. The summed E-state index contributed by atoms with van der Waals surface area (Å²) in [6, 6.07) is 10.7. The summed E-state index contributed by atoms with van der Waals surface area (Å²) in [6.45, 7) is 4.12. The molecule has 1 aromatic heterocycles. The lowest BCUT2D eigenvalue weighted by Crippen LogP contribution is -2.36. The van der Waals surface area contributed by atoms with E-state index in [0.717, 1.165) is 13.1 Å². The number of nitrogens with zero attached hydrogens (tertiary/aromatic N) is 2. The van der Waals surface area contributed by atoms with Gasteiger partial charge < -0.3 is 5.73 Å². The summed E-state index contributed by atoms with van der Waals surface area (Å²) in [5, 5.41) is 3.28. The number of rotatable bonds is 5. The number of likely N-dealkylation sites (tertiary alicyclic amines) is 1. The molecular weight excluding hydrogens is 278 g/mol. The van der Waals surface area contributed by atoms with E-state index in [9.17, 15) is 0 Å². The minimum absolute atomic E-state index is 0.448. The third-order valence-corrected chi connectivity index (χ3v) is 5.38. The molecule has 0 amide bonds. The second-order valence-corrected chi connectivity index (χ2v) is 6.74. The van der Waals surface area contributed by atoms with Crippen molar-refractivity contribution >= 4 is 11.3 Å². The summed E-state index contributed by atoms with van der Waals surface area (Å²) in [7, 11) is 0. The van der Waals surface area contributed by atoms with E-state index in [1.807, 2.05) is 6.20 Å². The molecule has 1 aromatic carbocycles. The van der Waals surface area contributed by atoms with Crippen molar-refractivity contribution in [2.75, 3.05) is 19.6 Å². The fourth-order valence-electron chi connectivity index (χ4n) is 3.27. The van der Waals surface area contributed by atoms with E-state index in [2.05, 4.69) is 45.6 Å². The second kappa shape index (κ2) is 7.16. The summed E-state index contributed by atoms with van der Waals surface area (Å²) in [5.74, 6) is 1.14. The molecular formula is C17H23N3S. The van der Waals surface area contributed by atoms with Crippen molar-refractivity contribution in [3.05, 3.63) is 52.5 Å². The number of hydrogen-bond donors (Lipinski definition) is 1. The monoisotopic (exact) mass is 301 g/mol. The molecule has 21 heavy (non-hydrogen) atoms. The van der Waals surface area contributed by atoms with E-state index < -0.39 is 0 Å². The van der Waals surface area contributed by atoms with Crippen LogP contribution in [0.4, 0.5) is 0 Å². The number of benzene rings is 1. The van der Waals surface area contributed by atoms with Crippen molar-refractivity contribution in [3.63, 3.8) is 0 Å². The molecule has 4 heteroatoms. The van der Waals surface area contributed by atoms with E-state index >= 15 is 0 Å². The van der Waals surface area contributed by atoms with Crippen LogP contribution < -0.4 is 5.73 Å². The van der Waals surface area contributed by atoms with Gasteiger partial charge in [0, 0.05) is 30.6 Å². The Balaban J connectivity index is 1.55. The van der Waals surface area contributed by atoms with Gasteiger partial charge in [0.1, 0.15) is 0 Å². The Labute approximate surface area is 130 Å². The SMILES string of the molecule is NCC(c1nccs1)C1CCN(Cc2ccccc2)CC1. The highest BCUT2D eigenvalue weighted by Crippen LogP contribution is 2.33. The predicted octanol–water partition coefficient (Wildman–Crippen LogP) is 3.10. The third-order valence-electron chi connectivity index (χ3n) is 4.47. The Kier molecular flexibility index (Phi) is 5.01. The highest BCUT2D eigenvalue weighted by Gasteiger charge is 2.28. The molecule has 1 atom stereocenters. The first kappa shape index (κ1) is 14.7. The van der Waals surface area contributed by atoms with Gasteiger partial charge in [-0.05, 0) is 37.4 Å². The zero-order valence-electron chi connectivity index (χ0n) is 12.3. The molecule has 1 unspecified atom stereocenters. The van der Waals surface area contributed by atoms with Gasteiger partial charge in [-0.2, -0.15) is 0 Å². The minimum Gasteiger partial charge on any atom is -0.330 e. The van der Waals surface area contributed by atoms with Gasteiger partial charge in [-0.25, -0.2) is 4.98 Å². The van der Waals surface area contributed by atoms with Crippen LogP contribution in [0, 0.1) is 5.92 Å². The van der Waals surface area contributed by atoms with Crippen molar-refractivity contribution in [1.82, 2.24) is 9.88 Å². The van der Waals surface area contributed by atoms with Crippen LogP contribution in [-0.2, 0) is 6.54 Å². The summed E-state index contributed by atoms with van der Waals surface area (Å²) in [5.41, 5.74) is 7.41.